The minimum atomic E-state index is -0.702. The third kappa shape index (κ3) is 4.44. The number of nitrogens with zero attached hydrogens (tertiary/aromatic N) is 4. The zero-order valence-electron chi connectivity index (χ0n) is 24.2. The Morgan fingerprint density at radius 2 is 1.93 bits per heavy atom. The van der Waals surface area contributed by atoms with Crippen molar-refractivity contribution in [2.75, 3.05) is 11.4 Å². The monoisotopic (exact) mass is 569 g/mol. The van der Waals surface area contributed by atoms with Gasteiger partial charge in [0.05, 0.1) is 17.9 Å². The Morgan fingerprint density at radius 1 is 1.12 bits per heavy atom. The summed E-state index contributed by atoms with van der Waals surface area (Å²) in [5.74, 6) is -0.939. The van der Waals surface area contributed by atoms with Crippen molar-refractivity contribution >= 4 is 40.3 Å². The number of imide groups is 1. The van der Waals surface area contributed by atoms with Crippen molar-refractivity contribution in [2.24, 2.45) is 0 Å². The van der Waals surface area contributed by atoms with Crippen LogP contribution in [-0.2, 0) is 20.7 Å². The van der Waals surface area contributed by atoms with Gasteiger partial charge in [0, 0.05) is 42.1 Å². The third-order valence-corrected chi connectivity index (χ3v) is 9.08. The minimum absolute atomic E-state index is 0.129. The highest BCUT2D eigenvalue weighted by atomic mass is 16.6. The summed E-state index contributed by atoms with van der Waals surface area (Å²) in [5, 5.41) is 8.94. The first kappa shape index (κ1) is 26.7. The van der Waals surface area contributed by atoms with Crippen LogP contribution in [-0.4, -0.2) is 62.2 Å². The molecule has 1 unspecified atom stereocenters. The fourth-order valence-electron chi connectivity index (χ4n) is 6.96. The van der Waals surface area contributed by atoms with Gasteiger partial charge < -0.3 is 9.64 Å². The topological polar surface area (TPSA) is 114 Å². The van der Waals surface area contributed by atoms with Crippen molar-refractivity contribution in [2.45, 2.75) is 88.9 Å². The van der Waals surface area contributed by atoms with E-state index >= 15 is 0 Å². The van der Waals surface area contributed by atoms with E-state index < -0.39 is 17.6 Å². The van der Waals surface area contributed by atoms with Gasteiger partial charge in [-0.3, -0.25) is 29.3 Å². The zero-order valence-corrected chi connectivity index (χ0v) is 24.2. The number of anilines is 1. The third-order valence-electron chi connectivity index (χ3n) is 9.08. The molecule has 1 saturated carbocycles. The van der Waals surface area contributed by atoms with Crippen LogP contribution in [0.4, 0.5) is 10.5 Å². The number of nitrogens with one attached hydrogen (secondary N) is 1. The zero-order chi connectivity index (χ0) is 29.4. The van der Waals surface area contributed by atoms with Crippen LogP contribution in [0.1, 0.15) is 86.8 Å². The smallest absolute Gasteiger partial charge is 0.410 e. The number of benzene rings is 2. The Balaban J connectivity index is 1.11. The second-order valence-electron chi connectivity index (χ2n) is 13.1. The average molecular weight is 570 g/mol. The Bertz CT molecular complexity index is 1650. The van der Waals surface area contributed by atoms with Crippen LogP contribution in [0, 0.1) is 0 Å². The van der Waals surface area contributed by atoms with Crippen molar-refractivity contribution in [3.63, 3.8) is 0 Å². The molecule has 4 heterocycles. The Hall–Kier alpha value is -4.21. The lowest BCUT2D eigenvalue weighted by molar-refractivity contribution is -0.134. The molecule has 2 aromatic carbocycles. The van der Waals surface area contributed by atoms with E-state index in [0.29, 0.717) is 30.6 Å². The maximum Gasteiger partial charge on any atom is 0.410 e. The molecule has 1 N–H and O–H groups in total. The van der Waals surface area contributed by atoms with Gasteiger partial charge in [-0.05, 0) is 81.5 Å². The van der Waals surface area contributed by atoms with E-state index in [1.807, 2.05) is 56.1 Å². The highest BCUT2D eigenvalue weighted by Gasteiger charge is 2.54. The van der Waals surface area contributed by atoms with Crippen molar-refractivity contribution in [3.8, 4) is 0 Å². The van der Waals surface area contributed by atoms with E-state index in [4.69, 9.17) is 9.84 Å². The van der Waals surface area contributed by atoms with Gasteiger partial charge in [-0.2, -0.15) is 5.10 Å². The fourth-order valence-corrected chi connectivity index (χ4v) is 6.96. The van der Waals surface area contributed by atoms with Gasteiger partial charge in [0.1, 0.15) is 11.6 Å². The number of aromatic nitrogens is 2. The van der Waals surface area contributed by atoms with Gasteiger partial charge >= 0.3 is 6.09 Å². The average Bonchev–Trinajstić information content (AvgIpc) is 3.41. The van der Waals surface area contributed by atoms with E-state index in [9.17, 15) is 19.2 Å². The molecule has 10 nitrogen and oxygen atoms in total. The van der Waals surface area contributed by atoms with Gasteiger partial charge in [-0.1, -0.05) is 18.2 Å². The molecule has 0 radical (unpaired) electrons. The SMILES string of the molecule is CC(C)(C)OC(=O)N1CC[C@@H](n2cc(Cc3ccc4c5c(cccc35)C(=O)N4C3CCC(=O)NC3=O)cn2)CC12CC2. The Morgan fingerprint density at radius 3 is 2.67 bits per heavy atom. The number of amides is 4. The summed E-state index contributed by atoms with van der Waals surface area (Å²) in [4.78, 5) is 54.2. The van der Waals surface area contributed by atoms with Gasteiger partial charge in [0.2, 0.25) is 11.8 Å². The predicted octanol–water partition coefficient (Wildman–Crippen LogP) is 4.50. The first-order valence-corrected chi connectivity index (χ1v) is 14.8. The lowest BCUT2D eigenvalue weighted by Crippen LogP contribution is -2.53. The summed E-state index contributed by atoms with van der Waals surface area (Å²) in [6.07, 6.45) is 8.63. The maximum absolute atomic E-state index is 13.5. The molecule has 4 aliphatic rings. The summed E-state index contributed by atoms with van der Waals surface area (Å²) >= 11 is 0. The number of carbonyl (C=O) groups is 4. The van der Waals surface area contributed by atoms with Crippen molar-refractivity contribution in [1.29, 1.82) is 0 Å². The summed E-state index contributed by atoms with van der Waals surface area (Å²) < 4.78 is 7.74. The molecule has 1 aromatic heterocycles. The Labute approximate surface area is 244 Å². The number of ether oxygens (including phenoxy) is 1. The van der Waals surface area contributed by atoms with E-state index in [0.717, 1.165) is 47.6 Å². The predicted molar refractivity (Wildman–Crippen MR) is 155 cm³/mol. The molecule has 42 heavy (non-hydrogen) atoms. The van der Waals surface area contributed by atoms with Gasteiger partial charge in [-0.15, -0.1) is 0 Å². The van der Waals surface area contributed by atoms with E-state index in [-0.39, 0.29) is 35.9 Å². The molecule has 10 heteroatoms. The number of likely N-dealkylation sites (tertiary alicyclic amines) is 1. The quantitative estimate of drug-likeness (QED) is 0.463. The van der Waals surface area contributed by atoms with Crippen LogP contribution < -0.4 is 10.2 Å². The summed E-state index contributed by atoms with van der Waals surface area (Å²) in [7, 11) is 0. The molecular weight excluding hydrogens is 534 g/mol. The first-order valence-electron chi connectivity index (χ1n) is 14.8. The van der Waals surface area contributed by atoms with Crippen molar-refractivity contribution < 1.29 is 23.9 Å². The van der Waals surface area contributed by atoms with Gasteiger partial charge in [0.15, 0.2) is 0 Å². The second-order valence-corrected chi connectivity index (χ2v) is 13.1. The minimum Gasteiger partial charge on any atom is -0.444 e. The number of rotatable bonds is 4. The molecule has 1 aliphatic carbocycles. The molecule has 1 spiro atoms. The van der Waals surface area contributed by atoms with E-state index in [1.165, 1.54) is 0 Å². The van der Waals surface area contributed by atoms with Crippen LogP contribution >= 0.6 is 0 Å². The first-order chi connectivity index (χ1) is 20.0. The summed E-state index contributed by atoms with van der Waals surface area (Å²) in [5.41, 5.74) is 2.80. The number of hydrogen-bond acceptors (Lipinski definition) is 6. The largest absolute Gasteiger partial charge is 0.444 e. The van der Waals surface area contributed by atoms with Crippen LogP contribution in [0.5, 0.6) is 0 Å². The second kappa shape index (κ2) is 9.40. The molecule has 3 aliphatic heterocycles. The highest BCUT2D eigenvalue weighted by Crippen LogP contribution is 2.51. The van der Waals surface area contributed by atoms with Crippen LogP contribution in [0.25, 0.3) is 10.8 Å². The van der Waals surface area contributed by atoms with Gasteiger partial charge in [0.25, 0.3) is 5.91 Å². The molecule has 7 rings (SSSR count). The molecule has 2 saturated heterocycles. The maximum atomic E-state index is 13.5. The summed E-state index contributed by atoms with van der Waals surface area (Å²) in [6, 6.07) is 9.16. The fraction of sp³-hybridized carbons (Fsp3) is 0.469. The molecule has 4 amide bonds. The lowest BCUT2D eigenvalue weighted by atomic mass is 9.95. The van der Waals surface area contributed by atoms with Crippen LogP contribution in [0.2, 0.25) is 0 Å². The van der Waals surface area contributed by atoms with Crippen LogP contribution in [0.15, 0.2) is 42.7 Å². The summed E-state index contributed by atoms with van der Waals surface area (Å²) in [6.45, 7) is 6.35. The van der Waals surface area contributed by atoms with E-state index in [2.05, 4.69) is 16.2 Å². The number of carbonyl (C=O) groups excluding carboxylic acids is 4. The molecule has 3 fully saturated rings. The molecule has 218 valence electrons. The molecule has 0 bridgehead atoms. The number of hydrogen-bond donors (Lipinski definition) is 1. The van der Waals surface area contributed by atoms with Gasteiger partial charge in [-0.25, -0.2) is 4.79 Å². The number of piperidine rings is 2. The molecule has 3 aromatic rings. The standard InChI is InChI=1S/C32H35N5O5/c1-31(2,3)42-30(41)35-14-11-21(16-32(35)12-13-32)36-18-19(17-33-36)15-20-7-8-24-27-22(20)5-4-6-23(27)29(40)37(24)25-9-10-26(38)34-28(25)39/h4-8,17-18,21,25H,9-16H2,1-3H3,(H,34,38,39)/t21-,25?/m1/s1. The molecule has 2 atom stereocenters. The Kier molecular flexibility index (Phi) is 5.97. The van der Waals surface area contributed by atoms with E-state index in [1.54, 1.807) is 11.0 Å². The van der Waals surface area contributed by atoms with Crippen LogP contribution in [0.3, 0.4) is 0 Å². The van der Waals surface area contributed by atoms with Crippen molar-refractivity contribution in [1.82, 2.24) is 20.0 Å². The normalized spacial score (nSPS) is 23.1. The molecular formula is C32H35N5O5. The van der Waals surface area contributed by atoms with Crippen molar-refractivity contribution in [3.05, 3.63) is 59.4 Å². The lowest BCUT2D eigenvalue weighted by Gasteiger charge is -2.40. The highest BCUT2D eigenvalue weighted by molar-refractivity contribution is 6.27.